The summed E-state index contributed by atoms with van der Waals surface area (Å²) in [5, 5.41) is 12.0. The Labute approximate surface area is 103 Å². The maximum atomic E-state index is 12.5. The summed E-state index contributed by atoms with van der Waals surface area (Å²) < 4.78 is 37.6. The van der Waals surface area contributed by atoms with E-state index in [1.807, 2.05) is 0 Å². The lowest BCUT2D eigenvalue weighted by Crippen LogP contribution is -2.06. The number of benzene rings is 2. The first kappa shape index (κ1) is 12.6. The normalized spacial score (nSPS) is 13.3. The summed E-state index contributed by atoms with van der Waals surface area (Å²) in [4.78, 5) is 0. The summed E-state index contributed by atoms with van der Waals surface area (Å²) >= 11 is 0. The summed E-state index contributed by atoms with van der Waals surface area (Å²) in [6.45, 7) is 0. The lowest BCUT2D eigenvalue weighted by molar-refractivity contribution is -0.137. The van der Waals surface area contributed by atoms with E-state index in [0.717, 1.165) is 12.1 Å². The van der Waals surface area contributed by atoms with Gasteiger partial charge in [0.25, 0.3) is 0 Å². The first-order valence-electron chi connectivity index (χ1n) is 5.36. The maximum Gasteiger partial charge on any atom is 0.416 e. The van der Waals surface area contributed by atoms with E-state index in [9.17, 15) is 18.3 Å². The Morgan fingerprint density at radius 1 is 0.833 bits per heavy atom. The van der Waals surface area contributed by atoms with Crippen molar-refractivity contribution in [3.05, 3.63) is 71.3 Å². The van der Waals surface area contributed by atoms with Crippen molar-refractivity contribution in [2.45, 2.75) is 12.3 Å². The SMILES string of the molecule is [O]C(c1ccccc1)c1cccc(C(F)(F)F)c1. The van der Waals surface area contributed by atoms with Crippen LogP contribution < -0.4 is 0 Å². The van der Waals surface area contributed by atoms with Gasteiger partial charge in [0.1, 0.15) is 6.10 Å². The minimum Gasteiger partial charge on any atom is -0.223 e. The Bertz CT molecular complexity index is 520. The standard InChI is InChI=1S/C14H10F3O/c15-14(16,17)12-8-4-7-11(9-12)13(18)10-5-2-1-3-6-10/h1-9,13H. The van der Waals surface area contributed by atoms with E-state index in [1.165, 1.54) is 12.1 Å². The van der Waals surface area contributed by atoms with Crippen molar-refractivity contribution >= 4 is 0 Å². The molecule has 2 rings (SSSR count). The zero-order valence-corrected chi connectivity index (χ0v) is 9.32. The van der Waals surface area contributed by atoms with Gasteiger partial charge in [-0.15, -0.1) is 0 Å². The molecule has 0 aromatic heterocycles. The van der Waals surface area contributed by atoms with E-state index < -0.39 is 17.8 Å². The van der Waals surface area contributed by atoms with Crippen molar-refractivity contribution in [3.8, 4) is 0 Å². The summed E-state index contributed by atoms with van der Waals surface area (Å²) in [7, 11) is 0. The monoisotopic (exact) mass is 251 g/mol. The third kappa shape index (κ3) is 2.71. The minimum atomic E-state index is -4.42. The topological polar surface area (TPSA) is 19.9 Å². The first-order valence-corrected chi connectivity index (χ1v) is 5.36. The van der Waals surface area contributed by atoms with Crippen LogP contribution in [0.25, 0.3) is 0 Å². The molecule has 0 fully saturated rings. The van der Waals surface area contributed by atoms with Gasteiger partial charge in [-0.1, -0.05) is 42.5 Å². The molecule has 1 nitrogen and oxygen atoms in total. The predicted molar refractivity (Wildman–Crippen MR) is 60.4 cm³/mol. The Morgan fingerprint density at radius 3 is 2.06 bits per heavy atom. The quantitative estimate of drug-likeness (QED) is 0.761. The summed E-state index contributed by atoms with van der Waals surface area (Å²) in [6.07, 6.45) is -5.72. The van der Waals surface area contributed by atoms with Crippen molar-refractivity contribution in [2.24, 2.45) is 0 Å². The molecule has 1 unspecified atom stereocenters. The average Bonchev–Trinajstić information content (AvgIpc) is 2.38. The van der Waals surface area contributed by atoms with Gasteiger partial charge >= 0.3 is 6.18 Å². The van der Waals surface area contributed by atoms with E-state index in [4.69, 9.17) is 0 Å². The van der Waals surface area contributed by atoms with Crippen LogP contribution in [-0.2, 0) is 11.3 Å². The molecule has 18 heavy (non-hydrogen) atoms. The molecule has 93 valence electrons. The van der Waals surface area contributed by atoms with Crippen molar-refractivity contribution in [1.29, 1.82) is 0 Å². The number of hydrogen-bond donors (Lipinski definition) is 0. The molecular formula is C14H10F3O. The van der Waals surface area contributed by atoms with E-state index in [-0.39, 0.29) is 5.56 Å². The molecule has 0 bridgehead atoms. The fourth-order valence-corrected chi connectivity index (χ4v) is 1.70. The Morgan fingerprint density at radius 2 is 1.44 bits per heavy atom. The first-order chi connectivity index (χ1) is 8.48. The molecule has 2 aromatic carbocycles. The molecule has 0 saturated carbocycles. The second-order valence-electron chi connectivity index (χ2n) is 3.91. The van der Waals surface area contributed by atoms with Gasteiger partial charge in [-0.05, 0) is 23.3 Å². The van der Waals surface area contributed by atoms with Gasteiger partial charge < -0.3 is 0 Å². The lowest BCUT2D eigenvalue weighted by Gasteiger charge is -2.12. The van der Waals surface area contributed by atoms with Crippen LogP contribution in [0.1, 0.15) is 22.8 Å². The van der Waals surface area contributed by atoms with Gasteiger partial charge in [0.2, 0.25) is 0 Å². The smallest absolute Gasteiger partial charge is 0.223 e. The molecule has 0 N–H and O–H groups in total. The van der Waals surface area contributed by atoms with Crippen LogP contribution in [0, 0.1) is 0 Å². The number of rotatable bonds is 2. The summed E-state index contributed by atoms with van der Waals surface area (Å²) in [5.74, 6) is 0. The van der Waals surface area contributed by atoms with Crippen molar-refractivity contribution in [1.82, 2.24) is 0 Å². The van der Waals surface area contributed by atoms with Crippen LogP contribution in [0.4, 0.5) is 13.2 Å². The van der Waals surface area contributed by atoms with Crippen LogP contribution in [0.3, 0.4) is 0 Å². The molecule has 0 saturated heterocycles. The molecule has 4 heteroatoms. The van der Waals surface area contributed by atoms with Crippen LogP contribution in [0.15, 0.2) is 54.6 Å². The predicted octanol–water partition coefficient (Wildman–Crippen LogP) is 4.23. The highest BCUT2D eigenvalue weighted by Gasteiger charge is 2.31. The van der Waals surface area contributed by atoms with Gasteiger partial charge in [-0.25, -0.2) is 5.11 Å². The second-order valence-corrected chi connectivity index (χ2v) is 3.91. The van der Waals surface area contributed by atoms with E-state index in [1.54, 1.807) is 30.3 Å². The van der Waals surface area contributed by atoms with Gasteiger partial charge in [0.05, 0.1) is 5.56 Å². The molecule has 0 aliphatic rings. The molecular weight excluding hydrogens is 241 g/mol. The molecule has 1 radical (unpaired) electrons. The van der Waals surface area contributed by atoms with E-state index in [2.05, 4.69) is 0 Å². The number of alkyl halides is 3. The van der Waals surface area contributed by atoms with Gasteiger partial charge in [-0.3, -0.25) is 0 Å². The molecule has 2 aromatic rings. The van der Waals surface area contributed by atoms with Gasteiger partial charge in [0.15, 0.2) is 0 Å². The molecule has 0 heterocycles. The zero-order chi connectivity index (χ0) is 13.2. The molecule has 0 spiro atoms. The molecule has 0 aliphatic carbocycles. The average molecular weight is 251 g/mol. The minimum absolute atomic E-state index is 0.121. The van der Waals surface area contributed by atoms with Crippen LogP contribution in [0.2, 0.25) is 0 Å². The summed E-state index contributed by atoms with van der Waals surface area (Å²) in [6, 6.07) is 12.9. The highest BCUT2D eigenvalue weighted by molar-refractivity contribution is 5.33. The van der Waals surface area contributed by atoms with Crippen molar-refractivity contribution in [2.75, 3.05) is 0 Å². The van der Waals surface area contributed by atoms with Crippen molar-refractivity contribution < 1.29 is 18.3 Å². The summed E-state index contributed by atoms with van der Waals surface area (Å²) in [5.41, 5.74) is -0.218. The highest BCUT2D eigenvalue weighted by atomic mass is 19.4. The number of halogens is 3. The van der Waals surface area contributed by atoms with Gasteiger partial charge in [0, 0.05) is 0 Å². The molecule has 0 amide bonds. The van der Waals surface area contributed by atoms with Gasteiger partial charge in [-0.2, -0.15) is 13.2 Å². The Kier molecular flexibility index (Phi) is 3.39. The fraction of sp³-hybridized carbons (Fsp3) is 0.143. The van der Waals surface area contributed by atoms with Crippen LogP contribution in [-0.4, -0.2) is 0 Å². The highest BCUT2D eigenvalue weighted by Crippen LogP contribution is 2.32. The van der Waals surface area contributed by atoms with Crippen molar-refractivity contribution in [3.63, 3.8) is 0 Å². The molecule has 0 aliphatic heterocycles. The number of hydrogen-bond acceptors (Lipinski definition) is 0. The largest absolute Gasteiger partial charge is 0.416 e. The molecule has 1 atom stereocenters. The second kappa shape index (κ2) is 4.82. The third-order valence-corrected chi connectivity index (χ3v) is 2.62. The third-order valence-electron chi connectivity index (χ3n) is 2.62. The maximum absolute atomic E-state index is 12.5. The lowest BCUT2D eigenvalue weighted by atomic mass is 10.00. The van der Waals surface area contributed by atoms with Crippen LogP contribution >= 0.6 is 0 Å². The van der Waals surface area contributed by atoms with E-state index in [0.29, 0.717) is 5.56 Å². The van der Waals surface area contributed by atoms with E-state index >= 15 is 0 Å². The zero-order valence-electron chi connectivity index (χ0n) is 9.32. The fourth-order valence-electron chi connectivity index (χ4n) is 1.70. The Balaban J connectivity index is 2.35. The van der Waals surface area contributed by atoms with Crippen LogP contribution in [0.5, 0.6) is 0 Å². The Hall–Kier alpha value is -1.81.